The number of methoxy groups -OCH3 is 1. The predicted octanol–water partition coefficient (Wildman–Crippen LogP) is 4.43. The number of amides is 1. The molecule has 1 aliphatic rings. The number of aliphatic hydroxyl groups excluding tert-OH is 1. The van der Waals surface area contributed by atoms with Gasteiger partial charge in [0, 0.05) is 17.7 Å². The van der Waals surface area contributed by atoms with Crippen LogP contribution >= 0.6 is 0 Å². The molecule has 1 saturated heterocycles. The summed E-state index contributed by atoms with van der Waals surface area (Å²) in [4.78, 5) is 27.3. The van der Waals surface area contributed by atoms with Crippen molar-refractivity contribution in [3.05, 3.63) is 59.1 Å². The highest BCUT2D eigenvalue weighted by molar-refractivity contribution is 6.46. The topological polar surface area (TPSA) is 89.2 Å². The summed E-state index contributed by atoms with van der Waals surface area (Å²) >= 11 is 0. The van der Waals surface area contributed by atoms with Crippen molar-refractivity contribution in [3.8, 4) is 5.75 Å². The van der Waals surface area contributed by atoms with Crippen LogP contribution in [0.1, 0.15) is 57.5 Å². The summed E-state index contributed by atoms with van der Waals surface area (Å²) in [5, 5.41) is 11.2. The van der Waals surface area contributed by atoms with Gasteiger partial charge in [-0.15, -0.1) is 0 Å². The number of likely N-dealkylation sites (tertiary alicyclic amines) is 1. The number of ketones is 1. The van der Waals surface area contributed by atoms with Crippen molar-refractivity contribution in [2.24, 2.45) is 0 Å². The second kappa shape index (κ2) is 9.20. The Balaban J connectivity index is 2.11. The number of aliphatic hydroxyl groups is 1. The van der Waals surface area contributed by atoms with Crippen molar-refractivity contribution in [1.82, 2.24) is 4.90 Å². The number of ether oxygens (including phenoxy) is 2. The van der Waals surface area contributed by atoms with E-state index in [1.165, 1.54) is 11.2 Å². The molecular weight excluding hydrogens is 410 g/mol. The lowest BCUT2D eigenvalue weighted by Crippen LogP contribution is -2.33. The number of carbonyl (C=O) groups is 2. The molecule has 32 heavy (non-hydrogen) atoms. The van der Waals surface area contributed by atoms with Crippen molar-refractivity contribution in [2.45, 2.75) is 52.2 Å². The molecule has 1 aromatic carbocycles. The summed E-state index contributed by atoms with van der Waals surface area (Å²) in [5.41, 5.74) is 1.05. The molecule has 1 fully saturated rings. The molecule has 1 aliphatic heterocycles. The first-order valence-electron chi connectivity index (χ1n) is 10.7. The maximum Gasteiger partial charge on any atom is 0.295 e. The molecule has 3 rings (SSSR count). The summed E-state index contributed by atoms with van der Waals surface area (Å²) in [5.74, 6) is -0.598. The summed E-state index contributed by atoms with van der Waals surface area (Å²) in [6, 6.07) is 7.77. The molecule has 0 radical (unpaired) electrons. The number of hydrogen-bond donors (Lipinski definition) is 1. The molecule has 1 N–H and O–H groups in total. The first-order chi connectivity index (χ1) is 15.1. The van der Waals surface area contributed by atoms with Crippen LogP contribution in [0.4, 0.5) is 0 Å². The third kappa shape index (κ3) is 4.58. The predicted molar refractivity (Wildman–Crippen MR) is 120 cm³/mol. The van der Waals surface area contributed by atoms with Crippen LogP contribution in [0.15, 0.2) is 46.6 Å². The zero-order chi connectivity index (χ0) is 23.6. The highest BCUT2D eigenvalue weighted by Gasteiger charge is 2.47. The third-order valence-electron chi connectivity index (χ3n) is 5.42. The van der Waals surface area contributed by atoms with Crippen molar-refractivity contribution in [2.75, 3.05) is 20.3 Å². The van der Waals surface area contributed by atoms with Gasteiger partial charge in [0.05, 0.1) is 31.7 Å². The van der Waals surface area contributed by atoms with E-state index in [1.54, 1.807) is 37.4 Å². The van der Waals surface area contributed by atoms with E-state index in [-0.39, 0.29) is 36.0 Å². The van der Waals surface area contributed by atoms with Gasteiger partial charge in [-0.2, -0.15) is 0 Å². The van der Waals surface area contributed by atoms with Gasteiger partial charge in [0.1, 0.15) is 23.3 Å². The first-order valence-corrected chi connectivity index (χ1v) is 10.7. The Labute approximate surface area is 188 Å². The van der Waals surface area contributed by atoms with Gasteiger partial charge in [0.15, 0.2) is 0 Å². The standard InChI is InChI=1S/C25H31NO6/c1-15(2)31-13-11-26-21(19-8-7-12-32-19)20(23(28)24(26)29)22(27)16-9-10-18(30-6)17(14-16)25(3,4)5/h7-10,12,14-15,21,27H,11,13H2,1-6H3/b22-20-. The smallest absolute Gasteiger partial charge is 0.295 e. The van der Waals surface area contributed by atoms with E-state index in [0.717, 1.165) is 5.56 Å². The number of benzene rings is 1. The Morgan fingerprint density at radius 1 is 1.22 bits per heavy atom. The normalized spacial score (nSPS) is 18.6. The van der Waals surface area contributed by atoms with Gasteiger partial charge in [-0.3, -0.25) is 9.59 Å². The second-order valence-electron chi connectivity index (χ2n) is 9.09. The Kier molecular flexibility index (Phi) is 6.79. The third-order valence-corrected chi connectivity index (χ3v) is 5.42. The van der Waals surface area contributed by atoms with Gasteiger partial charge in [0.25, 0.3) is 11.7 Å². The quantitative estimate of drug-likeness (QED) is 0.388. The van der Waals surface area contributed by atoms with Crippen molar-refractivity contribution >= 4 is 17.4 Å². The summed E-state index contributed by atoms with van der Waals surface area (Å²) < 4.78 is 16.6. The van der Waals surface area contributed by atoms with Crippen LogP contribution in [0, 0.1) is 0 Å². The SMILES string of the molecule is COc1ccc(/C(O)=C2/C(=O)C(=O)N(CCOC(C)C)C2c2ccco2)cc1C(C)(C)C. The molecule has 172 valence electrons. The van der Waals surface area contributed by atoms with Crippen LogP contribution in [0.5, 0.6) is 5.75 Å². The van der Waals surface area contributed by atoms with Gasteiger partial charge in [-0.1, -0.05) is 20.8 Å². The number of furan rings is 1. The van der Waals surface area contributed by atoms with Gasteiger partial charge >= 0.3 is 0 Å². The minimum atomic E-state index is -0.832. The molecule has 7 heteroatoms. The highest BCUT2D eigenvalue weighted by atomic mass is 16.5. The van der Waals surface area contributed by atoms with Crippen molar-refractivity contribution in [3.63, 3.8) is 0 Å². The van der Waals surface area contributed by atoms with Crippen LogP contribution in [0.3, 0.4) is 0 Å². The van der Waals surface area contributed by atoms with Gasteiger partial charge in [0.2, 0.25) is 0 Å². The zero-order valence-electron chi connectivity index (χ0n) is 19.5. The fraction of sp³-hybridized carbons (Fsp3) is 0.440. The number of carbonyl (C=O) groups excluding carboxylic acids is 2. The van der Waals surface area contributed by atoms with E-state index in [9.17, 15) is 14.7 Å². The Morgan fingerprint density at radius 2 is 1.94 bits per heavy atom. The van der Waals surface area contributed by atoms with E-state index >= 15 is 0 Å². The molecule has 0 saturated carbocycles. The van der Waals surface area contributed by atoms with E-state index in [1.807, 2.05) is 34.6 Å². The molecule has 0 aliphatic carbocycles. The van der Waals surface area contributed by atoms with E-state index in [4.69, 9.17) is 13.9 Å². The zero-order valence-corrected chi connectivity index (χ0v) is 19.5. The van der Waals surface area contributed by atoms with Crippen LogP contribution < -0.4 is 4.74 Å². The van der Waals surface area contributed by atoms with Gasteiger partial charge in [-0.05, 0) is 49.6 Å². The average molecular weight is 442 g/mol. The molecule has 1 aromatic heterocycles. The lowest BCUT2D eigenvalue weighted by Gasteiger charge is -2.24. The number of hydrogen-bond acceptors (Lipinski definition) is 6. The van der Waals surface area contributed by atoms with Gasteiger partial charge in [-0.25, -0.2) is 0 Å². The first kappa shape index (κ1) is 23.6. The monoisotopic (exact) mass is 441 g/mol. The summed E-state index contributed by atoms with van der Waals surface area (Å²) in [6.07, 6.45) is 1.47. The molecule has 7 nitrogen and oxygen atoms in total. The highest BCUT2D eigenvalue weighted by Crippen LogP contribution is 2.41. The van der Waals surface area contributed by atoms with Crippen molar-refractivity contribution in [1.29, 1.82) is 0 Å². The lowest BCUT2D eigenvalue weighted by atomic mass is 9.84. The van der Waals surface area contributed by atoms with Crippen LogP contribution in [-0.4, -0.2) is 48.1 Å². The van der Waals surface area contributed by atoms with Crippen LogP contribution in [0.2, 0.25) is 0 Å². The molecule has 1 atom stereocenters. The van der Waals surface area contributed by atoms with Crippen LogP contribution in [-0.2, 0) is 19.7 Å². The second-order valence-corrected chi connectivity index (χ2v) is 9.09. The minimum Gasteiger partial charge on any atom is -0.507 e. The Hall–Kier alpha value is -3.06. The maximum absolute atomic E-state index is 13.0. The molecule has 0 bridgehead atoms. The lowest BCUT2D eigenvalue weighted by molar-refractivity contribution is -0.140. The molecule has 0 spiro atoms. The van der Waals surface area contributed by atoms with Crippen molar-refractivity contribution < 1.29 is 28.6 Å². The fourth-order valence-electron chi connectivity index (χ4n) is 3.84. The number of nitrogens with zero attached hydrogens (tertiary/aromatic N) is 1. The summed E-state index contributed by atoms with van der Waals surface area (Å²) in [7, 11) is 1.59. The molecule has 2 heterocycles. The summed E-state index contributed by atoms with van der Waals surface area (Å²) in [6.45, 7) is 10.4. The van der Waals surface area contributed by atoms with E-state index in [0.29, 0.717) is 17.1 Å². The molecule has 1 amide bonds. The Morgan fingerprint density at radius 3 is 2.50 bits per heavy atom. The molecule has 1 unspecified atom stereocenters. The Bertz CT molecular complexity index is 1010. The molecular formula is C25H31NO6. The van der Waals surface area contributed by atoms with E-state index in [2.05, 4.69) is 0 Å². The minimum absolute atomic E-state index is 0.000442. The maximum atomic E-state index is 13.0. The molecule has 2 aromatic rings. The van der Waals surface area contributed by atoms with E-state index < -0.39 is 17.7 Å². The van der Waals surface area contributed by atoms with Crippen LogP contribution in [0.25, 0.3) is 5.76 Å². The fourth-order valence-corrected chi connectivity index (χ4v) is 3.84. The largest absolute Gasteiger partial charge is 0.507 e. The van der Waals surface area contributed by atoms with Gasteiger partial charge < -0.3 is 23.9 Å². The number of Topliss-reactive ketones (excluding diaryl/α,β-unsaturated/α-hetero) is 1. The average Bonchev–Trinajstić information content (AvgIpc) is 3.34. The number of rotatable bonds is 7.